The molecule has 1 aromatic rings. The molecule has 1 aromatic carbocycles. The molecule has 0 bridgehead atoms. The van der Waals surface area contributed by atoms with E-state index in [1.165, 1.54) is 26.4 Å². The molecular formula is C16H22ClNO2. The minimum absolute atomic E-state index is 0.399. The van der Waals surface area contributed by atoms with Crippen LogP contribution in [0.25, 0.3) is 0 Å². The molecule has 1 fully saturated rings. The Morgan fingerprint density at radius 3 is 2.75 bits per heavy atom. The highest BCUT2D eigenvalue weighted by Gasteiger charge is 2.25. The summed E-state index contributed by atoms with van der Waals surface area (Å²) < 4.78 is 4.75. The van der Waals surface area contributed by atoms with E-state index in [1.807, 2.05) is 6.07 Å². The summed E-state index contributed by atoms with van der Waals surface area (Å²) in [5.74, 6) is 1.04. The number of ether oxygens (including phenoxy) is 1. The van der Waals surface area contributed by atoms with Gasteiger partial charge in [0.05, 0.1) is 17.7 Å². The van der Waals surface area contributed by atoms with E-state index in [0.29, 0.717) is 22.5 Å². The Labute approximate surface area is 125 Å². The molecule has 3 nitrogen and oxygen atoms in total. The second-order valence-electron chi connectivity index (χ2n) is 5.83. The number of carbonyl (C=O) groups is 1. The van der Waals surface area contributed by atoms with Crippen LogP contribution in [0.2, 0.25) is 5.02 Å². The van der Waals surface area contributed by atoms with Crippen molar-refractivity contribution in [2.24, 2.45) is 11.8 Å². The summed E-state index contributed by atoms with van der Waals surface area (Å²) in [5.41, 5.74) is 1.34. The highest BCUT2D eigenvalue weighted by Crippen LogP contribution is 2.31. The quantitative estimate of drug-likeness (QED) is 0.842. The van der Waals surface area contributed by atoms with Gasteiger partial charge in [-0.1, -0.05) is 25.4 Å². The number of esters is 1. The largest absolute Gasteiger partial charge is 0.465 e. The summed E-state index contributed by atoms with van der Waals surface area (Å²) in [5, 5.41) is 3.96. The number of carbonyl (C=O) groups excluding carboxylic acids is 1. The molecule has 0 aromatic heterocycles. The van der Waals surface area contributed by atoms with Gasteiger partial charge in [0.25, 0.3) is 0 Å². The van der Waals surface area contributed by atoms with E-state index in [1.54, 1.807) is 12.1 Å². The standard InChI is InChI=1S/C16H22ClNO2/c1-10-4-7-15(11(2)8-10)18-12-5-6-14(17)13(9-12)16(19)20-3/h5-6,9-11,15,18H,4,7-8H2,1-3H3. The fourth-order valence-electron chi connectivity index (χ4n) is 2.98. The van der Waals surface area contributed by atoms with E-state index in [0.717, 1.165) is 11.6 Å². The lowest BCUT2D eigenvalue weighted by Gasteiger charge is -2.34. The highest BCUT2D eigenvalue weighted by atomic mass is 35.5. The molecule has 0 heterocycles. The zero-order valence-electron chi connectivity index (χ0n) is 12.3. The van der Waals surface area contributed by atoms with Crippen LogP contribution in [0.3, 0.4) is 0 Å². The number of anilines is 1. The van der Waals surface area contributed by atoms with Gasteiger partial charge in [0, 0.05) is 11.7 Å². The van der Waals surface area contributed by atoms with Gasteiger partial charge in [-0.15, -0.1) is 0 Å². The fourth-order valence-corrected chi connectivity index (χ4v) is 3.17. The van der Waals surface area contributed by atoms with Crippen molar-refractivity contribution in [2.75, 3.05) is 12.4 Å². The smallest absolute Gasteiger partial charge is 0.339 e. The first-order valence-corrected chi connectivity index (χ1v) is 7.53. The monoisotopic (exact) mass is 295 g/mol. The molecule has 2 rings (SSSR count). The van der Waals surface area contributed by atoms with Gasteiger partial charge >= 0.3 is 5.97 Å². The van der Waals surface area contributed by atoms with Crippen LogP contribution in [-0.2, 0) is 4.74 Å². The van der Waals surface area contributed by atoms with Gasteiger partial charge in [-0.3, -0.25) is 0 Å². The average Bonchev–Trinajstić information content (AvgIpc) is 2.43. The SMILES string of the molecule is COC(=O)c1cc(NC2CCC(C)CC2C)ccc1Cl. The van der Waals surface area contributed by atoms with Crippen LogP contribution in [0.5, 0.6) is 0 Å². The molecule has 3 atom stereocenters. The Kier molecular flexibility index (Phi) is 4.92. The number of hydrogen-bond acceptors (Lipinski definition) is 3. The second-order valence-corrected chi connectivity index (χ2v) is 6.24. The maximum Gasteiger partial charge on any atom is 0.339 e. The van der Waals surface area contributed by atoms with Crippen LogP contribution in [0.4, 0.5) is 5.69 Å². The van der Waals surface area contributed by atoms with E-state index in [4.69, 9.17) is 16.3 Å². The van der Waals surface area contributed by atoms with Crippen molar-refractivity contribution >= 4 is 23.3 Å². The molecule has 20 heavy (non-hydrogen) atoms. The van der Waals surface area contributed by atoms with Crippen LogP contribution in [0.1, 0.15) is 43.5 Å². The molecule has 4 heteroatoms. The minimum Gasteiger partial charge on any atom is -0.465 e. The Morgan fingerprint density at radius 2 is 2.10 bits per heavy atom. The van der Waals surface area contributed by atoms with Crippen LogP contribution in [0, 0.1) is 11.8 Å². The summed E-state index contributed by atoms with van der Waals surface area (Å²) in [6.45, 7) is 4.59. The normalized spacial score (nSPS) is 26.1. The van der Waals surface area contributed by atoms with Crippen molar-refractivity contribution in [1.82, 2.24) is 0 Å². The molecule has 1 aliphatic rings. The molecule has 1 N–H and O–H groups in total. The van der Waals surface area contributed by atoms with Crippen molar-refractivity contribution < 1.29 is 9.53 Å². The van der Waals surface area contributed by atoms with Gasteiger partial charge in [-0.05, 0) is 49.3 Å². The molecule has 0 amide bonds. The molecular weight excluding hydrogens is 274 g/mol. The number of nitrogens with one attached hydrogen (secondary N) is 1. The molecule has 1 aliphatic carbocycles. The van der Waals surface area contributed by atoms with E-state index in [2.05, 4.69) is 19.2 Å². The van der Waals surface area contributed by atoms with E-state index in [-0.39, 0.29) is 0 Å². The Hall–Kier alpha value is -1.22. The lowest BCUT2D eigenvalue weighted by molar-refractivity contribution is 0.0601. The lowest BCUT2D eigenvalue weighted by atomic mass is 9.80. The minimum atomic E-state index is -0.399. The van der Waals surface area contributed by atoms with E-state index < -0.39 is 5.97 Å². The van der Waals surface area contributed by atoms with Crippen LogP contribution in [-0.4, -0.2) is 19.1 Å². The number of rotatable bonds is 3. The van der Waals surface area contributed by atoms with E-state index in [9.17, 15) is 4.79 Å². The van der Waals surface area contributed by atoms with Crippen LogP contribution < -0.4 is 5.32 Å². The summed E-state index contributed by atoms with van der Waals surface area (Å²) in [4.78, 5) is 11.7. The third kappa shape index (κ3) is 3.45. The highest BCUT2D eigenvalue weighted by molar-refractivity contribution is 6.33. The maximum absolute atomic E-state index is 11.7. The van der Waals surface area contributed by atoms with Crippen molar-refractivity contribution in [2.45, 2.75) is 39.2 Å². The predicted octanol–water partition coefficient (Wildman–Crippen LogP) is 4.36. The van der Waals surface area contributed by atoms with Gasteiger partial charge in [0.2, 0.25) is 0 Å². The van der Waals surface area contributed by atoms with Crippen molar-refractivity contribution in [1.29, 1.82) is 0 Å². The molecule has 3 unspecified atom stereocenters. The maximum atomic E-state index is 11.7. The molecule has 110 valence electrons. The van der Waals surface area contributed by atoms with Crippen molar-refractivity contribution in [3.05, 3.63) is 28.8 Å². The summed E-state index contributed by atoms with van der Waals surface area (Å²) in [7, 11) is 1.36. The first kappa shape index (κ1) is 15.2. The Balaban J connectivity index is 2.12. The van der Waals surface area contributed by atoms with Gasteiger partial charge < -0.3 is 10.1 Å². The molecule has 1 saturated carbocycles. The van der Waals surface area contributed by atoms with Gasteiger partial charge in [-0.2, -0.15) is 0 Å². The zero-order valence-corrected chi connectivity index (χ0v) is 13.0. The molecule has 0 saturated heterocycles. The lowest BCUT2D eigenvalue weighted by Crippen LogP contribution is -2.33. The number of methoxy groups -OCH3 is 1. The van der Waals surface area contributed by atoms with Crippen molar-refractivity contribution in [3.63, 3.8) is 0 Å². The van der Waals surface area contributed by atoms with Gasteiger partial charge in [0.1, 0.15) is 0 Å². The predicted molar refractivity (Wildman–Crippen MR) is 82.4 cm³/mol. The fraction of sp³-hybridized carbons (Fsp3) is 0.562. The molecule has 0 aliphatic heterocycles. The summed E-state index contributed by atoms with van der Waals surface area (Å²) in [6, 6.07) is 5.89. The number of halogens is 1. The third-order valence-corrected chi connectivity index (χ3v) is 4.48. The summed E-state index contributed by atoms with van der Waals surface area (Å²) in [6.07, 6.45) is 3.66. The Morgan fingerprint density at radius 1 is 1.35 bits per heavy atom. The molecule has 0 spiro atoms. The third-order valence-electron chi connectivity index (χ3n) is 4.16. The van der Waals surface area contributed by atoms with E-state index >= 15 is 0 Å². The Bertz CT molecular complexity index is 489. The van der Waals surface area contributed by atoms with Gasteiger partial charge in [-0.25, -0.2) is 4.79 Å². The van der Waals surface area contributed by atoms with Gasteiger partial charge in [0.15, 0.2) is 0 Å². The zero-order chi connectivity index (χ0) is 14.7. The van der Waals surface area contributed by atoms with Crippen LogP contribution in [0.15, 0.2) is 18.2 Å². The average molecular weight is 296 g/mol. The molecule has 0 radical (unpaired) electrons. The summed E-state index contributed by atoms with van der Waals surface area (Å²) >= 11 is 6.03. The number of benzene rings is 1. The first-order chi connectivity index (χ1) is 9.51. The van der Waals surface area contributed by atoms with Crippen LogP contribution >= 0.6 is 11.6 Å². The second kappa shape index (κ2) is 6.49. The van der Waals surface area contributed by atoms with Crippen molar-refractivity contribution in [3.8, 4) is 0 Å². The first-order valence-electron chi connectivity index (χ1n) is 7.15. The topological polar surface area (TPSA) is 38.3 Å². The number of hydrogen-bond donors (Lipinski definition) is 1.